The summed E-state index contributed by atoms with van der Waals surface area (Å²) >= 11 is 1.56. The molecular weight excluding hydrogens is 406 g/mol. The minimum absolute atomic E-state index is 0.102. The molecule has 0 spiro atoms. The molecule has 6 heteroatoms. The number of methoxy groups -OCH3 is 1. The SMILES string of the molecule is COc1cccc(N(CC(=O)Nc2ccccc2C(C)C)c2nc3ccccc3s2)c1. The number of rotatable bonds is 7. The molecule has 0 bridgehead atoms. The number of hydrogen-bond acceptors (Lipinski definition) is 5. The number of amides is 1. The zero-order chi connectivity index (χ0) is 21.8. The number of para-hydroxylation sites is 2. The van der Waals surface area contributed by atoms with Crippen molar-refractivity contribution in [2.45, 2.75) is 19.8 Å². The van der Waals surface area contributed by atoms with Gasteiger partial charge < -0.3 is 15.0 Å². The molecule has 0 fully saturated rings. The van der Waals surface area contributed by atoms with Gasteiger partial charge in [0.05, 0.1) is 17.3 Å². The summed E-state index contributed by atoms with van der Waals surface area (Å²) in [6.45, 7) is 4.38. The van der Waals surface area contributed by atoms with Crippen LogP contribution in [-0.4, -0.2) is 24.5 Å². The highest BCUT2D eigenvalue weighted by Gasteiger charge is 2.19. The quantitative estimate of drug-likeness (QED) is 0.378. The number of fused-ring (bicyclic) bond motifs is 1. The van der Waals surface area contributed by atoms with Crippen molar-refractivity contribution in [1.82, 2.24) is 4.98 Å². The van der Waals surface area contributed by atoms with Crippen molar-refractivity contribution in [3.05, 3.63) is 78.4 Å². The molecule has 1 aromatic heterocycles. The van der Waals surface area contributed by atoms with Gasteiger partial charge in [-0.25, -0.2) is 4.98 Å². The van der Waals surface area contributed by atoms with Crippen LogP contribution in [-0.2, 0) is 4.79 Å². The Bertz CT molecular complexity index is 1170. The number of carbonyl (C=O) groups is 1. The summed E-state index contributed by atoms with van der Waals surface area (Å²) in [5, 5.41) is 3.85. The zero-order valence-electron chi connectivity index (χ0n) is 17.8. The largest absolute Gasteiger partial charge is 0.497 e. The van der Waals surface area contributed by atoms with Crippen molar-refractivity contribution >= 4 is 44.0 Å². The van der Waals surface area contributed by atoms with Gasteiger partial charge in [0.2, 0.25) is 5.91 Å². The summed E-state index contributed by atoms with van der Waals surface area (Å²) in [5.41, 5.74) is 3.73. The van der Waals surface area contributed by atoms with Crippen LogP contribution in [0.25, 0.3) is 10.2 Å². The number of hydrogen-bond donors (Lipinski definition) is 1. The molecule has 0 radical (unpaired) electrons. The standard InChI is InChI=1S/C25H25N3O2S/c1-17(2)20-11-4-5-12-21(20)26-24(29)16-28(18-9-8-10-19(15-18)30-3)25-27-22-13-6-7-14-23(22)31-25/h4-15,17H,16H2,1-3H3,(H,26,29). The second-order valence-electron chi connectivity index (χ2n) is 7.54. The Morgan fingerprint density at radius 2 is 1.84 bits per heavy atom. The van der Waals surface area contributed by atoms with Gasteiger partial charge in [-0.05, 0) is 41.8 Å². The summed E-state index contributed by atoms with van der Waals surface area (Å²) in [7, 11) is 1.64. The first-order valence-corrected chi connectivity index (χ1v) is 11.0. The molecule has 0 saturated heterocycles. The van der Waals surface area contributed by atoms with Crippen LogP contribution in [0.1, 0.15) is 25.3 Å². The lowest BCUT2D eigenvalue weighted by atomic mass is 10.0. The number of benzene rings is 3. The lowest BCUT2D eigenvalue weighted by molar-refractivity contribution is -0.114. The van der Waals surface area contributed by atoms with E-state index < -0.39 is 0 Å². The fraction of sp³-hybridized carbons (Fsp3) is 0.200. The second-order valence-corrected chi connectivity index (χ2v) is 8.55. The normalized spacial score (nSPS) is 11.0. The van der Waals surface area contributed by atoms with Crippen LogP contribution in [0.3, 0.4) is 0 Å². The lowest BCUT2D eigenvalue weighted by Gasteiger charge is -2.22. The molecule has 0 unspecified atom stereocenters. The van der Waals surface area contributed by atoms with Crippen molar-refractivity contribution in [3.8, 4) is 5.75 Å². The Balaban J connectivity index is 1.67. The predicted octanol–water partition coefficient (Wildman–Crippen LogP) is 6.21. The Labute approximate surface area is 186 Å². The minimum Gasteiger partial charge on any atom is -0.497 e. The average Bonchev–Trinajstić information content (AvgIpc) is 3.21. The fourth-order valence-corrected chi connectivity index (χ4v) is 4.46. The molecular formula is C25H25N3O2S. The van der Waals surface area contributed by atoms with E-state index in [-0.39, 0.29) is 12.5 Å². The topological polar surface area (TPSA) is 54.5 Å². The molecule has 0 aliphatic heterocycles. The minimum atomic E-state index is -0.102. The maximum atomic E-state index is 13.1. The molecule has 0 saturated carbocycles. The highest BCUT2D eigenvalue weighted by atomic mass is 32.1. The first-order valence-electron chi connectivity index (χ1n) is 10.2. The first-order chi connectivity index (χ1) is 15.0. The number of nitrogens with one attached hydrogen (secondary N) is 1. The highest BCUT2D eigenvalue weighted by Crippen LogP contribution is 2.34. The van der Waals surface area contributed by atoms with E-state index in [0.717, 1.165) is 38.0 Å². The monoisotopic (exact) mass is 431 g/mol. The molecule has 158 valence electrons. The Hall–Kier alpha value is -3.38. The van der Waals surface area contributed by atoms with Crippen molar-refractivity contribution in [2.75, 3.05) is 23.9 Å². The first kappa shape index (κ1) is 20.9. The van der Waals surface area contributed by atoms with Gasteiger partial charge in [0.1, 0.15) is 12.3 Å². The molecule has 1 heterocycles. The molecule has 4 aromatic rings. The van der Waals surface area contributed by atoms with E-state index >= 15 is 0 Å². The van der Waals surface area contributed by atoms with Crippen molar-refractivity contribution in [1.29, 1.82) is 0 Å². The summed E-state index contributed by atoms with van der Waals surface area (Å²) in [6, 6.07) is 23.6. The van der Waals surface area contributed by atoms with Crippen molar-refractivity contribution < 1.29 is 9.53 Å². The van der Waals surface area contributed by atoms with Gasteiger partial charge in [0, 0.05) is 17.4 Å². The number of ether oxygens (including phenoxy) is 1. The molecule has 0 aliphatic carbocycles. The van der Waals surface area contributed by atoms with Crippen LogP contribution in [0, 0.1) is 0 Å². The predicted molar refractivity (Wildman–Crippen MR) is 129 cm³/mol. The van der Waals surface area contributed by atoms with E-state index in [0.29, 0.717) is 5.92 Å². The van der Waals surface area contributed by atoms with E-state index in [9.17, 15) is 4.79 Å². The second kappa shape index (κ2) is 9.18. The Kier molecular flexibility index (Phi) is 6.18. The molecule has 0 aliphatic rings. The smallest absolute Gasteiger partial charge is 0.244 e. The van der Waals surface area contributed by atoms with Gasteiger partial charge in [-0.15, -0.1) is 0 Å². The van der Waals surface area contributed by atoms with E-state index in [1.807, 2.05) is 77.7 Å². The molecule has 1 N–H and O–H groups in total. The number of thiazole rings is 1. The summed E-state index contributed by atoms with van der Waals surface area (Å²) in [5.74, 6) is 0.944. The summed E-state index contributed by atoms with van der Waals surface area (Å²) in [4.78, 5) is 19.8. The van der Waals surface area contributed by atoms with Gasteiger partial charge >= 0.3 is 0 Å². The van der Waals surface area contributed by atoms with Crippen molar-refractivity contribution in [3.63, 3.8) is 0 Å². The molecule has 4 rings (SSSR count). The van der Waals surface area contributed by atoms with Gasteiger partial charge in [-0.2, -0.15) is 0 Å². The molecule has 0 atom stereocenters. The zero-order valence-corrected chi connectivity index (χ0v) is 18.6. The maximum absolute atomic E-state index is 13.1. The number of anilines is 3. The summed E-state index contributed by atoms with van der Waals surface area (Å²) in [6.07, 6.45) is 0. The van der Waals surface area contributed by atoms with Crippen LogP contribution in [0.15, 0.2) is 72.8 Å². The number of nitrogens with zero attached hydrogens (tertiary/aromatic N) is 2. The van der Waals surface area contributed by atoms with E-state index in [1.165, 1.54) is 0 Å². The molecule has 31 heavy (non-hydrogen) atoms. The van der Waals surface area contributed by atoms with Crippen LogP contribution < -0.4 is 15.0 Å². The third-order valence-electron chi connectivity index (χ3n) is 5.04. The maximum Gasteiger partial charge on any atom is 0.244 e. The third-order valence-corrected chi connectivity index (χ3v) is 6.10. The third kappa shape index (κ3) is 4.70. The van der Waals surface area contributed by atoms with Gasteiger partial charge in [-0.3, -0.25) is 4.79 Å². The van der Waals surface area contributed by atoms with Crippen LogP contribution in [0.4, 0.5) is 16.5 Å². The van der Waals surface area contributed by atoms with Gasteiger partial charge in [0.15, 0.2) is 5.13 Å². The fourth-order valence-electron chi connectivity index (χ4n) is 3.47. The Morgan fingerprint density at radius 1 is 1.06 bits per heavy atom. The molecule has 5 nitrogen and oxygen atoms in total. The Morgan fingerprint density at radius 3 is 2.61 bits per heavy atom. The highest BCUT2D eigenvalue weighted by molar-refractivity contribution is 7.22. The average molecular weight is 432 g/mol. The van der Waals surface area contributed by atoms with Gasteiger partial charge in [0.25, 0.3) is 0 Å². The van der Waals surface area contributed by atoms with Crippen LogP contribution in [0.5, 0.6) is 5.75 Å². The van der Waals surface area contributed by atoms with Crippen molar-refractivity contribution in [2.24, 2.45) is 0 Å². The lowest BCUT2D eigenvalue weighted by Crippen LogP contribution is -2.30. The van der Waals surface area contributed by atoms with E-state index in [1.54, 1.807) is 18.4 Å². The number of carbonyl (C=O) groups excluding carboxylic acids is 1. The molecule has 3 aromatic carbocycles. The summed E-state index contributed by atoms with van der Waals surface area (Å²) < 4.78 is 6.48. The molecule has 1 amide bonds. The van der Waals surface area contributed by atoms with Crippen LogP contribution in [0.2, 0.25) is 0 Å². The number of aromatic nitrogens is 1. The van der Waals surface area contributed by atoms with Gasteiger partial charge in [-0.1, -0.05) is 61.6 Å². The van der Waals surface area contributed by atoms with E-state index in [2.05, 4.69) is 19.2 Å². The van der Waals surface area contributed by atoms with E-state index in [4.69, 9.17) is 9.72 Å². The van der Waals surface area contributed by atoms with Crippen LogP contribution >= 0.6 is 11.3 Å².